The van der Waals surface area contributed by atoms with Gasteiger partial charge in [-0.15, -0.1) is 0 Å². The first-order valence-corrected chi connectivity index (χ1v) is 7.68. The molecule has 0 amide bonds. The van der Waals surface area contributed by atoms with Gasteiger partial charge in [0.05, 0.1) is 11.6 Å². The van der Waals surface area contributed by atoms with Crippen LogP contribution in [-0.2, 0) is 19.3 Å². The number of alkyl halides is 3. The molecule has 0 aromatic carbocycles. The molecule has 2 nitrogen and oxygen atoms in total. The summed E-state index contributed by atoms with van der Waals surface area (Å²) in [5.74, 6) is 0.0980. The molecule has 1 aliphatic carbocycles. The Kier molecular flexibility index (Phi) is 4.41. The molecule has 1 N–H and O–H groups in total. The molecular formula is C16H25F3N2. The van der Waals surface area contributed by atoms with Gasteiger partial charge < -0.3 is 4.98 Å². The second kappa shape index (κ2) is 5.65. The number of imidazole rings is 1. The molecule has 5 heteroatoms. The highest BCUT2D eigenvalue weighted by atomic mass is 19.4. The third-order valence-corrected chi connectivity index (χ3v) is 4.06. The molecule has 2 atom stereocenters. The lowest BCUT2D eigenvalue weighted by Crippen LogP contribution is -2.28. The fourth-order valence-electron chi connectivity index (χ4n) is 3.36. The minimum absolute atomic E-state index is 0.0550. The second-order valence-corrected chi connectivity index (χ2v) is 7.66. The fourth-order valence-corrected chi connectivity index (χ4v) is 3.36. The summed E-state index contributed by atoms with van der Waals surface area (Å²) in [6.45, 7) is 8.77. The van der Waals surface area contributed by atoms with E-state index in [4.69, 9.17) is 0 Å². The number of nitrogens with one attached hydrogen (secondary N) is 1. The Morgan fingerprint density at radius 2 is 1.95 bits per heavy atom. The van der Waals surface area contributed by atoms with Gasteiger partial charge in [-0.25, -0.2) is 4.98 Å². The maximum atomic E-state index is 12.8. The predicted molar refractivity (Wildman–Crippen MR) is 77.1 cm³/mol. The molecule has 21 heavy (non-hydrogen) atoms. The maximum Gasteiger partial charge on any atom is 0.392 e. The standard InChI is InChI=1S/C16H25F3N2/c1-10(9-15(2,3)4)7-14-20-12-6-5-11(16(17,18)19)8-13(12)21-14/h10-11H,5-9H2,1-4H3,(H,20,21). The van der Waals surface area contributed by atoms with E-state index >= 15 is 0 Å². The predicted octanol–water partition coefficient (Wildman–Crippen LogP) is 4.69. The van der Waals surface area contributed by atoms with E-state index in [1.54, 1.807) is 0 Å². The summed E-state index contributed by atoms with van der Waals surface area (Å²) < 4.78 is 38.4. The van der Waals surface area contributed by atoms with Gasteiger partial charge in [0, 0.05) is 18.5 Å². The van der Waals surface area contributed by atoms with E-state index in [1.165, 1.54) is 0 Å². The molecule has 1 aliphatic rings. The van der Waals surface area contributed by atoms with Gasteiger partial charge in [-0.05, 0) is 30.6 Å². The van der Waals surface area contributed by atoms with Gasteiger partial charge in [0.2, 0.25) is 0 Å². The molecule has 2 rings (SSSR count). The molecule has 1 aromatic heterocycles. The van der Waals surface area contributed by atoms with Gasteiger partial charge in [0.1, 0.15) is 5.82 Å². The minimum atomic E-state index is -4.09. The number of aromatic nitrogens is 2. The summed E-state index contributed by atoms with van der Waals surface area (Å²) in [5.41, 5.74) is 1.79. The smallest absolute Gasteiger partial charge is 0.346 e. The number of hydrogen-bond acceptors (Lipinski definition) is 1. The molecule has 0 saturated carbocycles. The zero-order chi connectivity index (χ0) is 15.8. The van der Waals surface area contributed by atoms with Crippen molar-refractivity contribution in [2.45, 2.75) is 66.0 Å². The van der Waals surface area contributed by atoms with Gasteiger partial charge in [-0.2, -0.15) is 13.2 Å². The maximum absolute atomic E-state index is 12.8. The molecule has 1 aromatic rings. The normalized spacial score (nSPS) is 21.2. The molecule has 1 heterocycles. The van der Waals surface area contributed by atoms with Gasteiger partial charge in [0.15, 0.2) is 0 Å². The van der Waals surface area contributed by atoms with Crippen LogP contribution < -0.4 is 0 Å². The molecule has 2 unspecified atom stereocenters. The van der Waals surface area contributed by atoms with Crippen LogP contribution in [0.5, 0.6) is 0 Å². The van der Waals surface area contributed by atoms with E-state index in [9.17, 15) is 13.2 Å². The molecular weight excluding hydrogens is 277 g/mol. The van der Waals surface area contributed by atoms with E-state index in [0.29, 0.717) is 18.0 Å². The van der Waals surface area contributed by atoms with Crippen LogP contribution in [0.15, 0.2) is 0 Å². The highest BCUT2D eigenvalue weighted by Crippen LogP contribution is 2.36. The van der Waals surface area contributed by atoms with Gasteiger partial charge in [-0.1, -0.05) is 27.7 Å². The summed E-state index contributed by atoms with van der Waals surface area (Å²) in [4.78, 5) is 7.66. The first-order chi connectivity index (χ1) is 9.54. The molecule has 0 fully saturated rings. The largest absolute Gasteiger partial charge is 0.392 e. The number of aromatic amines is 1. The van der Waals surface area contributed by atoms with Crippen molar-refractivity contribution in [3.63, 3.8) is 0 Å². The summed E-state index contributed by atoms with van der Waals surface area (Å²) in [5, 5.41) is 0. The van der Waals surface area contributed by atoms with Crippen LogP contribution in [0.25, 0.3) is 0 Å². The lowest BCUT2D eigenvalue weighted by atomic mass is 9.84. The van der Waals surface area contributed by atoms with E-state index in [2.05, 4.69) is 37.7 Å². The highest BCUT2D eigenvalue weighted by Gasteiger charge is 2.42. The van der Waals surface area contributed by atoms with Crippen molar-refractivity contribution < 1.29 is 13.2 Å². The SMILES string of the molecule is CC(Cc1nc2c([nH]1)CC(C(F)(F)F)CC2)CC(C)(C)C. The van der Waals surface area contributed by atoms with E-state index < -0.39 is 12.1 Å². The first-order valence-electron chi connectivity index (χ1n) is 7.68. The summed E-state index contributed by atoms with van der Waals surface area (Å²) in [7, 11) is 0. The Morgan fingerprint density at radius 1 is 1.29 bits per heavy atom. The van der Waals surface area contributed by atoms with E-state index in [-0.39, 0.29) is 18.3 Å². The quantitative estimate of drug-likeness (QED) is 0.862. The number of fused-ring (bicyclic) bond motifs is 1. The van der Waals surface area contributed by atoms with Crippen LogP contribution in [0.2, 0.25) is 0 Å². The first kappa shape index (κ1) is 16.4. The van der Waals surface area contributed by atoms with Crippen molar-refractivity contribution in [2.75, 3.05) is 0 Å². The van der Waals surface area contributed by atoms with Crippen LogP contribution >= 0.6 is 0 Å². The van der Waals surface area contributed by atoms with Crippen LogP contribution in [-0.4, -0.2) is 16.1 Å². The van der Waals surface area contributed by atoms with Crippen molar-refractivity contribution in [1.82, 2.24) is 9.97 Å². The topological polar surface area (TPSA) is 28.7 Å². The molecule has 0 bridgehead atoms. The Morgan fingerprint density at radius 3 is 2.52 bits per heavy atom. The number of hydrogen-bond donors (Lipinski definition) is 1. The molecule has 0 saturated heterocycles. The summed E-state index contributed by atoms with van der Waals surface area (Å²) >= 11 is 0. The Labute approximate surface area is 124 Å². The number of halogens is 3. The Balaban J connectivity index is 2.02. The van der Waals surface area contributed by atoms with Crippen LogP contribution in [0, 0.1) is 17.3 Å². The van der Waals surface area contributed by atoms with E-state index in [1.807, 2.05) is 0 Å². The van der Waals surface area contributed by atoms with Crippen LogP contribution in [0.3, 0.4) is 0 Å². The van der Waals surface area contributed by atoms with Crippen molar-refractivity contribution in [3.05, 3.63) is 17.2 Å². The van der Waals surface area contributed by atoms with Crippen molar-refractivity contribution in [3.8, 4) is 0 Å². The van der Waals surface area contributed by atoms with Crippen molar-refractivity contribution >= 4 is 0 Å². The average Bonchev–Trinajstić information content (AvgIpc) is 2.65. The van der Waals surface area contributed by atoms with Crippen molar-refractivity contribution in [1.29, 1.82) is 0 Å². The molecule has 0 spiro atoms. The number of aryl methyl sites for hydroxylation is 1. The third-order valence-electron chi connectivity index (χ3n) is 4.06. The van der Waals surface area contributed by atoms with Gasteiger partial charge >= 0.3 is 6.18 Å². The summed E-state index contributed by atoms with van der Waals surface area (Å²) in [6.07, 6.45) is -1.56. The average molecular weight is 302 g/mol. The number of rotatable bonds is 3. The monoisotopic (exact) mass is 302 g/mol. The highest BCUT2D eigenvalue weighted by molar-refractivity contribution is 5.19. The van der Waals surface area contributed by atoms with E-state index in [0.717, 1.165) is 24.4 Å². The molecule has 0 radical (unpaired) electrons. The third kappa shape index (κ3) is 4.48. The number of nitrogens with zero attached hydrogens (tertiary/aromatic N) is 1. The fraction of sp³-hybridized carbons (Fsp3) is 0.812. The summed E-state index contributed by atoms with van der Waals surface area (Å²) in [6, 6.07) is 0. The van der Waals surface area contributed by atoms with Crippen LogP contribution in [0.4, 0.5) is 13.2 Å². The Bertz CT molecular complexity index is 483. The molecule has 0 aliphatic heterocycles. The lowest BCUT2D eigenvalue weighted by molar-refractivity contribution is -0.177. The van der Waals surface area contributed by atoms with Crippen LogP contribution in [0.1, 0.15) is 57.7 Å². The minimum Gasteiger partial charge on any atom is -0.346 e. The second-order valence-electron chi connectivity index (χ2n) is 7.66. The number of H-pyrrole nitrogens is 1. The molecule has 120 valence electrons. The van der Waals surface area contributed by atoms with Gasteiger partial charge in [-0.3, -0.25) is 0 Å². The van der Waals surface area contributed by atoms with Gasteiger partial charge in [0.25, 0.3) is 0 Å². The zero-order valence-corrected chi connectivity index (χ0v) is 13.3. The lowest BCUT2D eigenvalue weighted by Gasteiger charge is -2.23. The Hall–Kier alpha value is -1.00. The zero-order valence-electron chi connectivity index (χ0n) is 13.3. The van der Waals surface area contributed by atoms with Crippen molar-refractivity contribution in [2.24, 2.45) is 17.3 Å².